The van der Waals surface area contributed by atoms with E-state index in [1.54, 1.807) is 24.6 Å². The van der Waals surface area contributed by atoms with Gasteiger partial charge in [0.15, 0.2) is 15.8 Å². The summed E-state index contributed by atoms with van der Waals surface area (Å²) in [6.45, 7) is 6.05. The van der Waals surface area contributed by atoms with Crippen LogP contribution in [0.1, 0.15) is 41.0 Å². The van der Waals surface area contributed by atoms with Crippen molar-refractivity contribution < 1.29 is 17.7 Å². The predicted octanol–water partition coefficient (Wildman–Crippen LogP) is 4.27. The third-order valence-corrected chi connectivity index (χ3v) is 8.41. The number of thiazole rings is 1. The molecule has 0 radical (unpaired) electrons. The van der Waals surface area contributed by atoms with Gasteiger partial charge in [0.2, 0.25) is 15.9 Å². The fourth-order valence-corrected chi connectivity index (χ4v) is 6.21. The first kappa shape index (κ1) is 23.3. The first-order valence-corrected chi connectivity index (χ1v) is 13.0. The Hall–Kier alpha value is -2.82. The van der Waals surface area contributed by atoms with Crippen molar-refractivity contribution in [1.82, 2.24) is 14.4 Å². The number of amides is 1. The van der Waals surface area contributed by atoms with Gasteiger partial charge >= 0.3 is 0 Å². The number of aromatic nitrogens is 2. The van der Waals surface area contributed by atoms with Crippen LogP contribution in [0.15, 0.2) is 39.2 Å². The molecule has 0 unspecified atom stereocenters. The second-order valence-corrected chi connectivity index (χ2v) is 11.0. The summed E-state index contributed by atoms with van der Waals surface area (Å²) in [7, 11) is -3.90. The Kier molecular flexibility index (Phi) is 6.78. The molecule has 0 spiro atoms. The van der Waals surface area contributed by atoms with E-state index in [0.717, 1.165) is 16.7 Å². The maximum Gasteiger partial charge on any atom is 0.248 e. The van der Waals surface area contributed by atoms with Crippen molar-refractivity contribution in [3.8, 4) is 0 Å². The molecule has 1 amide bonds. The lowest BCUT2D eigenvalue weighted by atomic mass is 9.99. The number of nitrogens with zero attached hydrogens (tertiary/aromatic N) is 3. The summed E-state index contributed by atoms with van der Waals surface area (Å²) in [5.41, 5.74) is 3.45. The summed E-state index contributed by atoms with van der Waals surface area (Å²) in [4.78, 5) is 16.8. The lowest BCUT2D eigenvalue weighted by Gasteiger charge is -2.30. The normalized spacial score (nSPS) is 17.5. The predicted molar refractivity (Wildman–Crippen MR) is 128 cm³/mol. The SMILES string of the molecule is Cc1ccc(C)c(/C=C/c2onc(C)c2S(=O)(=O)N2CCC[C@@H](C(=O)Nc3nccs3)C2)c1. The van der Waals surface area contributed by atoms with Crippen LogP contribution in [0.2, 0.25) is 0 Å². The smallest absolute Gasteiger partial charge is 0.248 e. The van der Waals surface area contributed by atoms with Crippen LogP contribution in [0.3, 0.4) is 0 Å². The topological polar surface area (TPSA) is 105 Å². The number of nitrogens with one attached hydrogen (secondary N) is 1. The maximum atomic E-state index is 13.6. The average Bonchev–Trinajstić information content (AvgIpc) is 3.44. The van der Waals surface area contributed by atoms with Crippen LogP contribution in [0.25, 0.3) is 12.2 Å². The Morgan fingerprint density at radius 1 is 1.27 bits per heavy atom. The van der Waals surface area contributed by atoms with Crippen LogP contribution < -0.4 is 5.32 Å². The van der Waals surface area contributed by atoms with Gasteiger partial charge in [0.05, 0.1) is 5.92 Å². The molecule has 2 aromatic heterocycles. The Balaban J connectivity index is 1.57. The van der Waals surface area contributed by atoms with Crippen LogP contribution in [-0.2, 0) is 14.8 Å². The zero-order chi connectivity index (χ0) is 23.6. The lowest BCUT2D eigenvalue weighted by molar-refractivity contribution is -0.120. The summed E-state index contributed by atoms with van der Waals surface area (Å²) in [5.74, 6) is -0.490. The molecule has 1 atom stereocenters. The minimum absolute atomic E-state index is 0.0463. The molecule has 1 fully saturated rings. The van der Waals surface area contributed by atoms with Crippen molar-refractivity contribution in [2.24, 2.45) is 5.92 Å². The molecule has 4 rings (SSSR count). The van der Waals surface area contributed by atoms with Crippen LogP contribution in [-0.4, -0.2) is 41.9 Å². The highest BCUT2D eigenvalue weighted by atomic mass is 32.2. The van der Waals surface area contributed by atoms with Crippen molar-refractivity contribution in [1.29, 1.82) is 0 Å². The molecule has 10 heteroatoms. The molecule has 174 valence electrons. The molecule has 1 aliphatic heterocycles. The second kappa shape index (κ2) is 9.58. The molecular formula is C23H26N4O4S2. The number of hydrogen-bond acceptors (Lipinski definition) is 7. The number of hydrogen-bond donors (Lipinski definition) is 1. The molecular weight excluding hydrogens is 460 g/mol. The molecule has 3 heterocycles. The number of carbonyl (C=O) groups excluding carboxylic acids is 1. The zero-order valence-corrected chi connectivity index (χ0v) is 20.4. The number of benzene rings is 1. The largest absolute Gasteiger partial charge is 0.355 e. The summed E-state index contributed by atoms with van der Waals surface area (Å²) >= 11 is 1.33. The second-order valence-electron chi connectivity index (χ2n) is 8.18. The van der Waals surface area contributed by atoms with Gasteiger partial charge in [-0.15, -0.1) is 11.3 Å². The number of anilines is 1. The van der Waals surface area contributed by atoms with Gasteiger partial charge in [-0.25, -0.2) is 13.4 Å². The molecule has 3 aromatic rings. The fraction of sp³-hybridized carbons (Fsp3) is 0.348. The molecule has 1 N–H and O–H groups in total. The summed E-state index contributed by atoms with van der Waals surface area (Å²) in [6.07, 6.45) is 6.30. The number of aryl methyl sites for hydroxylation is 3. The van der Waals surface area contributed by atoms with Crippen molar-refractivity contribution >= 4 is 44.6 Å². The van der Waals surface area contributed by atoms with Gasteiger partial charge in [-0.1, -0.05) is 35.0 Å². The number of piperidine rings is 1. The van der Waals surface area contributed by atoms with Crippen LogP contribution in [0.5, 0.6) is 0 Å². The van der Waals surface area contributed by atoms with E-state index in [-0.39, 0.29) is 23.1 Å². The molecule has 1 aromatic carbocycles. The van der Waals surface area contributed by atoms with E-state index in [2.05, 4.69) is 15.5 Å². The van der Waals surface area contributed by atoms with Crippen LogP contribution in [0, 0.1) is 26.7 Å². The Labute approximate surface area is 197 Å². The number of carbonyl (C=O) groups is 1. The summed E-state index contributed by atoms with van der Waals surface area (Å²) in [6, 6.07) is 6.07. The first-order valence-electron chi connectivity index (χ1n) is 10.7. The van der Waals surface area contributed by atoms with Crippen molar-refractivity contribution in [3.05, 3.63) is 57.9 Å². The van der Waals surface area contributed by atoms with E-state index in [0.29, 0.717) is 30.2 Å². The molecule has 33 heavy (non-hydrogen) atoms. The monoisotopic (exact) mass is 486 g/mol. The number of sulfonamides is 1. The van der Waals surface area contributed by atoms with Gasteiger partial charge in [0.25, 0.3) is 0 Å². The van der Waals surface area contributed by atoms with E-state index in [1.165, 1.54) is 15.6 Å². The van der Waals surface area contributed by atoms with Crippen LogP contribution in [0.4, 0.5) is 5.13 Å². The third-order valence-electron chi connectivity index (χ3n) is 5.70. The van der Waals surface area contributed by atoms with Crippen molar-refractivity contribution in [2.45, 2.75) is 38.5 Å². The van der Waals surface area contributed by atoms with Crippen molar-refractivity contribution in [3.63, 3.8) is 0 Å². The third kappa shape index (κ3) is 5.07. The molecule has 8 nitrogen and oxygen atoms in total. The fourth-order valence-electron chi connectivity index (χ4n) is 3.90. The quantitative estimate of drug-likeness (QED) is 0.558. The molecule has 0 saturated carbocycles. The molecule has 1 aliphatic rings. The highest BCUT2D eigenvalue weighted by Crippen LogP contribution is 2.30. The van der Waals surface area contributed by atoms with E-state index < -0.39 is 15.9 Å². The average molecular weight is 487 g/mol. The van der Waals surface area contributed by atoms with Gasteiger partial charge in [0, 0.05) is 24.7 Å². The molecule has 0 aliphatic carbocycles. The highest BCUT2D eigenvalue weighted by Gasteiger charge is 2.37. The zero-order valence-electron chi connectivity index (χ0n) is 18.7. The molecule has 0 bridgehead atoms. The van der Waals surface area contributed by atoms with E-state index in [9.17, 15) is 13.2 Å². The van der Waals surface area contributed by atoms with Gasteiger partial charge in [-0.2, -0.15) is 4.31 Å². The van der Waals surface area contributed by atoms with E-state index in [4.69, 9.17) is 4.52 Å². The minimum Gasteiger partial charge on any atom is -0.355 e. The van der Waals surface area contributed by atoms with Crippen molar-refractivity contribution in [2.75, 3.05) is 18.4 Å². The summed E-state index contributed by atoms with van der Waals surface area (Å²) < 4.78 is 33.9. The standard InChI is InChI=1S/C23H26N4O4S2/c1-15-6-7-16(2)18(13-15)8-9-20-21(17(3)26-31-20)33(29,30)27-11-4-5-19(14-27)22(28)25-23-24-10-12-32-23/h6-10,12-13,19H,4-5,11,14H2,1-3H3,(H,24,25,28)/b9-8+/t19-/m1/s1. The molecule has 1 saturated heterocycles. The lowest BCUT2D eigenvalue weighted by Crippen LogP contribution is -2.43. The maximum absolute atomic E-state index is 13.6. The van der Waals surface area contributed by atoms with E-state index >= 15 is 0 Å². The Bertz CT molecular complexity index is 1280. The summed E-state index contributed by atoms with van der Waals surface area (Å²) in [5, 5.41) is 8.97. The highest BCUT2D eigenvalue weighted by molar-refractivity contribution is 7.89. The minimum atomic E-state index is -3.90. The number of rotatable bonds is 6. The first-order chi connectivity index (χ1) is 15.8. The van der Waals surface area contributed by atoms with E-state index in [1.807, 2.05) is 38.1 Å². The van der Waals surface area contributed by atoms with Gasteiger partial charge in [-0.05, 0) is 50.8 Å². The van der Waals surface area contributed by atoms with Gasteiger partial charge in [-0.3, -0.25) is 4.79 Å². The Morgan fingerprint density at radius 2 is 2.09 bits per heavy atom. The van der Waals surface area contributed by atoms with Gasteiger partial charge < -0.3 is 9.84 Å². The Morgan fingerprint density at radius 3 is 2.85 bits per heavy atom. The van der Waals surface area contributed by atoms with Crippen LogP contribution >= 0.6 is 11.3 Å². The van der Waals surface area contributed by atoms with Gasteiger partial charge in [0.1, 0.15) is 5.69 Å².